The first-order valence-electron chi connectivity index (χ1n) is 7.04. The van der Waals surface area contributed by atoms with Gasteiger partial charge in [0.2, 0.25) is 0 Å². The van der Waals surface area contributed by atoms with Gasteiger partial charge in [-0.15, -0.1) is 0 Å². The van der Waals surface area contributed by atoms with Crippen LogP contribution in [0.4, 0.5) is 23.7 Å². The molecule has 1 aromatic carbocycles. The van der Waals surface area contributed by atoms with E-state index in [1.54, 1.807) is 18.2 Å². The fraction of sp³-hybridized carbons (Fsp3) is 0.400. The van der Waals surface area contributed by atoms with E-state index < -0.39 is 24.8 Å². The summed E-state index contributed by atoms with van der Waals surface area (Å²) in [6.07, 6.45) is -6.56. The van der Waals surface area contributed by atoms with E-state index in [1.807, 2.05) is 0 Å². The van der Waals surface area contributed by atoms with Gasteiger partial charge in [-0.2, -0.15) is 13.2 Å². The smallest absolute Gasteiger partial charge is 0.414 e. The van der Waals surface area contributed by atoms with Crippen LogP contribution < -0.4 is 4.90 Å². The van der Waals surface area contributed by atoms with Crippen LogP contribution in [0.25, 0.3) is 11.0 Å². The molecule has 0 spiro atoms. The van der Waals surface area contributed by atoms with Crippen LogP contribution in [-0.2, 0) is 11.2 Å². The standard InChI is InChI=1S/C15H14F3NO4/c16-15(17,18)4-3-11-6-9-5-10(1-2-13(9)22-11)19-7-12(8-20)23-14(19)21/h1-2,5-6,12,20H,3-4,7-8H2/t12-/m1/s1. The normalized spacial score (nSPS) is 18.7. The highest BCUT2D eigenvalue weighted by Crippen LogP contribution is 2.29. The largest absolute Gasteiger partial charge is 0.461 e. The van der Waals surface area contributed by atoms with E-state index >= 15 is 0 Å². The second kappa shape index (κ2) is 5.77. The maximum atomic E-state index is 12.3. The number of ether oxygens (including phenoxy) is 1. The molecule has 1 aromatic heterocycles. The van der Waals surface area contributed by atoms with Gasteiger partial charge in [-0.25, -0.2) is 4.79 Å². The molecule has 1 atom stereocenters. The lowest BCUT2D eigenvalue weighted by Gasteiger charge is -2.12. The number of hydrogen-bond acceptors (Lipinski definition) is 4. The number of rotatable bonds is 4. The number of fused-ring (bicyclic) bond motifs is 1. The molecular weight excluding hydrogens is 315 g/mol. The molecule has 0 radical (unpaired) electrons. The molecule has 2 aromatic rings. The number of aryl methyl sites for hydroxylation is 1. The van der Waals surface area contributed by atoms with Crippen molar-refractivity contribution in [2.75, 3.05) is 18.1 Å². The summed E-state index contributed by atoms with van der Waals surface area (Å²) in [6.45, 7) is -0.0442. The molecular formula is C15H14F3NO4. The average Bonchev–Trinajstić information content (AvgIpc) is 3.06. The van der Waals surface area contributed by atoms with Crippen LogP contribution in [0.15, 0.2) is 28.7 Å². The van der Waals surface area contributed by atoms with Crippen molar-refractivity contribution in [3.8, 4) is 0 Å². The number of furan rings is 1. The molecule has 1 N–H and O–H groups in total. The second-order valence-corrected chi connectivity index (χ2v) is 5.35. The number of halogens is 3. The maximum absolute atomic E-state index is 12.3. The van der Waals surface area contributed by atoms with Crippen molar-refractivity contribution >= 4 is 22.7 Å². The van der Waals surface area contributed by atoms with Crippen LogP contribution in [0.1, 0.15) is 12.2 Å². The molecule has 1 aliphatic heterocycles. The van der Waals surface area contributed by atoms with E-state index in [4.69, 9.17) is 14.3 Å². The predicted molar refractivity (Wildman–Crippen MR) is 75.3 cm³/mol. The zero-order valence-corrected chi connectivity index (χ0v) is 12.0. The number of carbonyl (C=O) groups excluding carboxylic acids is 1. The van der Waals surface area contributed by atoms with E-state index in [2.05, 4.69) is 0 Å². The SMILES string of the molecule is O=C1O[C@@H](CO)CN1c1ccc2oc(CCC(F)(F)F)cc2c1. The van der Waals surface area contributed by atoms with Gasteiger partial charge in [-0.3, -0.25) is 4.90 Å². The first-order chi connectivity index (χ1) is 10.9. The molecule has 1 fully saturated rings. The molecule has 2 heterocycles. The lowest BCUT2D eigenvalue weighted by Crippen LogP contribution is -2.25. The van der Waals surface area contributed by atoms with Crippen LogP contribution in [0.3, 0.4) is 0 Å². The Labute approximate surface area is 129 Å². The van der Waals surface area contributed by atoms with Gasteiger partial charge in [0.15, 0.2) is 0 Å². The fourth-order valence-corrected chi connectivity index (χ4v) is 2.47. The molecule has 0 saturated carbocycles. The first-order valence-corrected chi connectivity index (χ1v) is 7.04. The third-order valence-electron chi connectivity index (χ3n) is 3.60. The molecule has 23 heavy (non-hydrogen) atoms. The van der Waals surface area contributed by atoms with Crippen molar-refractivity contribution in [3.05, 3.63) is 30.0 Å². The monoisotopic (exact) mass is 329 g/mol. The van der Waals surface area contributed by atoms with Crippen molar-refractivity contribution in [1.29, 1.82) is 0 Å². The highest BCUT2D eigenvalue weighted by atomic mass is 19.4. The number of carbonyl (C=O) groups is 1. The molecule has 124 valence electrons. The van der Waals surface area contributed by atoms with Gasteiger partial charge in [0, 0.05) is 17.5 Å². The second-order valence-electron chi connectivity index (χ2n) is 5.35. The van der Waals surface area contributed by atoms with E-state index in [0.717, 1.165) is 0 Å². The number of nitrogens with zero attached hydrogens (tertiary/aromatic N) is 1. The molecule has 1 amide bonds. The zero-order valence-electron chi connectivity index (χ0n) is 12.0. The van der Waals surface area contributed by atoms with Crippen molar-refractivity contribution in [1.82, 2.24) is 0 Å². The Bertz CT molecular complexity index is 725. The van der Waals surface area contributed by atoms with Gasteiger partial charge in [-0.05, 0) is 24.3 Å². The van der Waals surface area contributed by atoms with Gasteiger partial charge in [0.1, 0.15) is 17.4 Å². The summed E-state index contributed by atoms with van der Waals surface area (Å²) >= 11 is 0. The topological polar surface area (TPSA) is 62.9 Å². The number of amides is 1. The Morgan fingerprint density at radius 3 is 2.74 bits per heavy atom. The Hall–Kier alpha value is -2.22. The minimum atomic E-state index is -4.23. The van der Waals surface area contributed by atoms with Gasteiger partial charge in [-0.1, -0.05) is 0 Å². The highest BCUT2D eigenvalue weighted by Gasteiger charge is 2.32. The lowest BCUT2D eigenvalue weighted by molar-refractivity contribution is -0.134. The Kier molecular flexibility index (Phi) is 3.93. The summed E-state index contributed by atoms with van der Waals surface area (Å²) in [5.41, 5.74) is 0.999. The number of aliphatic hydroxyl groups excluding tert-OH is 1. The molecule has 8 heteroatoms. The summed E-state index contributed by atoms with van der Waals surface area (Å²) in [5, 5.41) is 9.65. The Morgan fingerprint density at radius 2 is 2.09 bits per heavy atom. The summed E-state index contributed by atoms with van der Waals surface area (Å²) < 4.78 is 47.1. The molecule has 0 aliphatic carbocycles. The first kappa shape index (κ1) is 15.7. The van der Waals surface area contributed by atoms with Gasteiger partial charge >= 0.3 is 12.3 Å². The minimum absolute atomic E-state index is 0.222. The number of benzene rings is 1. The summed E-state index contributed by atoms with van der Waals surface area (Å²) in [6, 6.07) is 6.41. The zero-order chi connectivity index (χ0) is 16.6. The summed E-state index contributed by atoms with van der Waals surface area (Å²) in [5.74, 6) is 0.242. The van der Waals surface area contributed by atoms with Crippen molar-refractivity contribution in [2.45, 2.75) is 25.1 Å². The molecule has 1 aliphatic rings. The number of alkyl halides is 3. The van der Waals surface area contributed by atoms with Gasteiger partial charge < -0.3 is 14.3 Å². The van der Waals surface area contributed by atoms with Crippen molar-refractivity contribution < 1.29 is 32.2 Å². The number of aliphatic hydroxyl groups is 1. The van der Waals surface area contributed by atoms with Crippen LogP contribution >= 0.6 is 0 Å². The van der Waals surface area contributed by atoms with E-state index in [0.29, 0.717) is 16.7 Å². The number of cyclic esters (lactones) is 1. The predicted octanol–water partition coefficient (Wildman–Crippen LogP) is 3.25. The van der Waals surface area contributed by atoms with Crippen LogP contribution in [0.2, 0.25) is 0 Å². The Morgan fingerprint density at radius 1 is 1.30 bits per heavy atom. The Balaban J connectivity index is 1.81. The van der Waals surface area contributed by atoms with E-state index in [1.165, 1.54) is 11.0 Å². The molecule has 0 unspecified atom stereocenters. The van der Waals surface area contributed by atoms with Crippen LogP contribution in [-0.4, -0.2) is 36.6 Å². The minimum Gasteiger partial charge on any atom is -0.461 e. The van der Waals surface area contributed by atoms with Gasteiger partial charge in [0.25, 0.3) is 0 Å². The van der Waals surface area contributed by atoms with Gasteiger partial charge in [0.05, 0.1) is 19.6 Å². The van der Waals surface area contributed by atoms with Crippen molar-refractivity contribution in [3.63, 3.8) is 0 Å². The summed E-state index contributed by atoms with van der Waals surface area (Å²) in [4.78, 5) is 13.1. The number of anilines is 1. The van der Waals surface area contributed by atoms with E-state index in [-0.39, 0.29) is 25.3 Å². The molecule has 5 nitrogen and oxygen atoms in total. The summed E-state index contributed by atoms with van der Waals surface area (Å²) in [7, 11) is 0. The lowest BCUT2D eigenvalue weighted by atomic mass is 10.2. The number of hydrogen-bond donors (Lipinski definition) is 1. The average molecular weight is 329 g/mol. The third kappa shape index (κ3) is 3.42. The molecule has 3 rings (SSSR count). The third-order valence-corrected chi connectivity index (χ3v) is 3.60. The van der Waals surface area contributed by atoms with Crippen LogP contribution in [0, 0.1) is 0 Å². The quantitative estimate of drug-likeness (QED) is 0.935. The van der Waals surface area contributed by atoms with Crippen molar-refractivity contribution in [2.24, 2.45) is 0 Å². The van der Waals surface area contributed by atoms with Crippen LogP contribution in [0.5, 0.6) is 0 Å². The molecule has 1 saturated heterocycles. The fourth-order valence-electron chi connectivity index (χ4n) is 2.47. The molecule has 0 bridgehead atoms. The highest BCUT2D eigenvalue weighted by molar-refractivity contribution is 5.93. The maximum Gasteiger partial charge on any atom is 0.414 e. The van der Waals surface area contributed by atoms with E-state index in [9.17, 15) is 18.0 Å².